The quantitative estimate of drug-likeness (QED) is 0.633. The van der Waals surface area contributed by atoms with Crippen LogP contribution in [-0.2, 0) is 14.6 Å². The largest absolute Gasteiger partial charge is 0.368 e. The number of hydrogen-bond donors (Lipinski definition) is 0. The lowest BCUT2D eigenvalue weighted by Crippen LogP contribution is -2.50. The van der Waals surface area contributed by atoms with Gasteiger partial charge in [-0.25, -0.2) is 13.4 Å². The third-order valence-electron chi connectivity index (χ3n) is 4.50. The van der Waals surface area contributed by atoms with E-state index in [2.05, 4.69) is 20.1 Å². The molecule has 9 nitrogen and oxygen atoms in total. The van der Waals surface area contributed by atoms with Crippen LogP contribution in [0.5, 0.6) is 0 Å². The molecule has 0 radical (unpaired) electrons. The van der Waals surface area contributed by atoms with Crippen molar-refractivity contribution in [2.45, 2.75) is 5.16 Å². The molecule has 1 aromatic carbocycles. The predicted octanol–water partition coefficient (Wildman–Crippen LogP) is 0.247. The highest BCUT2D eigenvalue weighted by molar-refractivity contribution is 7.91. The Bertz CT molecular complexity index is 1060. The molecule has 0 aliphatic carbocycles. The first kappa shape index (κ1) is 17.4. The Morgan fingerprint density at radius 3 is 2.48 bits per heavy atom. The molecule has 0 saturated carbocycles. The smallest absolute Gasteiger partial charge is 0.255 e. The Morgan fingerprint density at radius 2 is 1.74 bits per heavy atom. The summed E-state index contributed by atoms with van der Waals surface area (Å²) in [4.78, 5) is 20.2. The number of fused-ring (bicyclic) bond motifs is 1. The second-order valence-electron chi connectivity index (χ2n) is 6.23. The van der Waals surface area contributed by atoms with E-state index in [1.165, 1.54) is 16.8 Å². The lowest BCUT2D eigenvalue weighted by Gasteiger charge is -2.36. The molecule has 1 saturated heterocycles. The molecule has 0 atom stereocenters. The summed E-state index contributed by atoms with van der Waals surface area (Å²) in [6.45, 7) is 2.28. The molecule has 0 unspecified atom stereocenters. The second-order valence-corrected chi connectivity index (χ2v) is 8.12. The average Bonchev–Trinajstić information content (AvgIpc) is 3.14. The molecule has 1 fully saturated rings. The number of amides is 1. The van der Waals surface area contributed by atoms with Crippen molar-refractivity contribution >= 4 is 27.2 Å². The van der Waals surface area contributed by atoms with Gasteiger partial charge < -0.3 is 9.80 Å². The van der Waals surface area contributed by atoms with Gasteiger partial charge in [-0.15, -0.1) is 10.2 Å². The maximum atomic E-state index is 12.6. The molecule has 27 heavy (non-hydrogen) atoms. The Balaban J connectivity index is 1.43. The van der Waals surface area contributed by atoms with Crippen LogP contribution in [0.3, 0.4) is 0 Å². The molecule has 2 aromatic heterocycles. The van der Waals surface area contributed by atoms with Gasteiger partial charge in [0, 0.05) is 44.3 Å². The highest BCUT2D eigenvalue weighted by Crippen LogP contribution is 2.16. The number of benzene rings is 1. The van der Waals surface area contributed by atoms with Crippen LogP contribution < -0.4 is 4.90 Å². The summed E-state index contributed by atoms with van der Waals surface area (Å²) in [5.41, 5.74) is 1.10. The third-order valence-corrected chi connectivity index (χ3v) is 5.96. The van der Waals surface area contributed by atoms with Gasteiger partial charge in [0.25, 0.3) is 10.9 Å². The molecule has 3 heterocycles. The van der Waals surface area contributed by atoms with Crippen LogP contribution in [0.1, 0.15) is 0 Å². The van der Waals surface area contributed by atoms with E-state index in [0.29, 0.717) is 26.2 Å². The lowest BCUT2D eigenvalue weighted by molar-refractivity contribution is -0.128. The molecule has 0 N–H and O–H groups in total. The van der Waals surface area contributed by atoms with Gasteiger partial charge >= 0.3 is 0 Å². The van der Waals surface area contributed by atoms with E-state index in [1.54, 1.807) is 11.0 Å². The number of aromatic nitrogens is 4. The number of carbonyl (C=O) groups excluding carboxylic acids is 1. The normalized spacial score (nSPS) is 15.3. The summed E-state index contributed by atoms with van der Waals surface area (Å²) < 4.78 is 26.5. The molecule has 140 valence electrons. The maximum Gasteiger partial charge on any atom is 0.255 e. The summed E-state index contributed by atoms with van der Waals surface area (Å²) in [5.74, 6) is -0.878. The number of anilines is 1. The Kier molecular flexibility index (Phi) is 4.48. The molecule has 4 rings (SSSR count). The molecule has 10 heteroatoms. The topological polar surface area (TPSA) is 101 Å². The van der Waals surface area contributed by atoms with Gasteiger partial charge in [-0.2, -0.15) is 0 Å². The lowest BCUT2D eigenvalue weighted by atomic mass is 10.2. The van der Waals surface area contributed by atoms with E-state index < -0.39 is 21.5 Å². The van der Waals surface area contributed by atoms with Crippen molar-refractivity contribution in [3.8, 4) is 0 Å². The first-order valence-corrected chi connectivity index (χ1v) is 10.2. The molecular formula is C17H18N6O3S. The minimum atomic E-state index is -3.91. The Morgan fingerprint density at radius 1 is 1.00 bits per heavy atom. The van der Waals surface area contributed by atoms with E-state index in [4.69, 9.17) is 0 Å². The van der Waals surface area contributed by atoms with Crippen molar-refractivity contribution in [1.29, 1.82) is 0 Å². The second kappa shape index (κ2) is 6.95. The number of sulfone groups is 1. The zero-order valence-corrected chi connectivity index (χ0v) is 15.3. The highest BCUT2D eigenvalue weighted by Gasteiger charge is 2.29. The predicted molar refractivity (Wildman–Crippen MR) is 98.1 cm³/mol. The van der Waals surface area contributed by atoms with Crippen LogP contribution in [-0.4, -0.2) is 70.7 Å². The number of piperazine rings is 1. The number of hydrogen-bond acceptors (Lipinski definition) is 7. The summed E-state index contributed by atoms with van der Waals surface area (Å²) >= 11 is 0. The molecule has 0 spiro atoms. The maximum absolute atomic E-state index is 12.6. The van der Waals surface area contributed by atoms with Crippen molar-refractivity contribution in [2.75, 3.05) is 36.8 Å². The van der Waals surface area contributed by atoms with Gasteiger partial charge in [0.15, 0.2) is 0 Å². The van der Waals surface area contributed by atoms with Crippen molar-refractivity contribution < 1.29 is 13.2 Å². The molecule has 3 aromatic rings. The van der Waals surface area contributed by atoms with Gasteiger partial charge in [0.2, 0.25) is 15.7 Å². The number of rotatable bonds is 4. The number of nitrogens with zero attached hydrogens (tertiary/aromatic N) is 6. The molecule has 1 aliphatic rings. The number of carbonyl (C=O) groups is 1. The molecular weight excluding hydrogens is 368 g/mol. The third kappa shape index (κ3) is 3.47. The highest BCUT2D eigenvalue weighted by atomic mass is 32.2. The fraction of sp³-hybridized carbons (Fsp3) is 0.294. The Hall–Kier alpha value is -3.01. The van der Waals surface area contributed by atoms with Crippen LogP contribution in [0.15, 0.2) is 53.9 Å². The first-order chi connectivity index (χ1) is 13.0. The van der Waals surface area contributed by atoms with Gasteiger partial charge in [0.1, 0.15) is 5.75 Å². The van der Waals surface area contributed by atoms with Gasteiger partial charge in [-0.05, 0) is 18.2 Å². The van der Waals surface area contributed by atoms with Crippen LogP contribution in [0.25, 0.3) is 5.78 Å². The van der Waals surface area contributed by atoms with E-state index in [9.17, 15) is 13.2 Å². The number of para-hydroxylation sites is 1. The van der Waals surface area contributed by atoms with E-state index in [-0.39, 0.29) is 10.9 Å². The fourth-order valence-electron chi connectivity index (χ4n) is 3.11. The van der Waals surface area contributed by atoms with Crippen LogP contribution >= 0.6 is 0 Å². The van der Waals surface area contributed by atoms with E-state index in [1.807, 2.05) is 30.3 Å². The minimum absolute atomic E-state index is 0.181. The van der Waals surface area contributed by atoms with Crippen molar-refractivity contribution in [2.24, 2.45) is 0 Å². The molecule has 1 aliphatic heterocycles. The summed E-state index contributed by atoms with van der Waals surface area (Å²) in [7, 11) is -3.91. The standard InChI is InChI=1S/C17H18N6O3S/c24-15(22-11-9-21(10-12-22)14-5-2-1-3-6-14)13-27(25,26)17-20-19-16-18-7-4-8-23(16)17/h1-8H,9-13H2. The Labute approximate surface area is 156 Å². The van der Waals surface area contributed by atoms with Gasteiger partial charge in [-0.1, -0.05) is 18.2 Å². The average molecular weight is 386 g/mol. The first-order valence-electron chi connectivity index (χ1n) is 8.51. The monoisotopic (exact) mass is 386 g/mol. The van der Waals surface area contributed by atoms with E-state index >= 15 is 0 Å². The minimum Gasteiger partial charge on any atom is -0.368 e. The van der Waals surface area contributed by atoms with Crippen molar-refractivity contribution in [3.63, 3.8) is 0 Å². The van der Waals surface area contributed by atoms with E-state index in [0.717, 1.165) is 5.69 Å². The zero-order chi connectivity index (χ0) is 18.9. The molecule has 1 amide bonds. The van der Waals surface area contributed by atoms with Crippen molar-refractivity contribution in [3.05, 3.63) is 48.8 Å². The van der Waals surface area contributed by atoms with Crippen LogP contribution in [0.4, 0.5) is 5.69 Å². The van der Waals surface area contributed by atoms with Gasteiger partial charge in [0.05, 0.1) is 0 Å². The summed E-state index contributed by atoms with van der Waals surface area (Å²) in [6, 6.07) is 11.5. The van der Waals surface area contributed by atoms with Gasteiger partial charge in [-0.3, -0.25) is 9.20 Å². The van der Waals surface area contributed by atoms with Crippen LogP contribution in [0.2, 0.25) is 0 Å². The summed E-state index contributed by atoms with van der Waals surface area (Å²) in [5, 5.41) is 7.18. The zero-order valence-electron chi connectivity index (χ0n) is 14.5. The fourth-order valence-corrected chi connectivity index (χ4v) is 4.35. The van der Waals surface area contributed by atoms with Crippen molar-refractivity contribution in [1.82, 2.24) is 24.5 Å². The summed E-state index contributed by atoms with van der Waals surface area (Å²) in [6.07, 6.45) is 3.01. The SMILES string of the molecule is O=C(CS(=O)(=O)c1nnc2ncccn12)N1CCN(c2ccccc2)CC1. The van der Waals surface area contributed by atoms with Crippen LogP contribution in [0, 0.1) is 0 Å². The molecule has 0 bridgehead atoms.